The first-order valence-electron chi connectivity index (χ1n) is 8.80. The average Bonchev–Trinajstić information content (AvgIpc) is 2.44. The molecule has 18 heavy (non-hydrogen) atoms. The van der Waals surface area contributed by atoms with Crippen molar-refractivity contribution in [2.75, 3.05) is 0 Å². The lowest BCUT2D eigenvalue weighted by Crippen LogP contribution is -2.45. The average molecular weight is 255 g/mol. The van der Waals surface area contributed by atoms with E-state index in [4.69, 9.17) is 0 Å². The first-order valence-corrected chi connectivity index (χ1v) is 8.80. The summed E-state index contributed by atoms with van der Waals surface area (Å²) in [4.78, 5) is 0. The van der Waals surface area contributed by atoms with Gasteiger partial charge in [-0.15, -0.1) is 0 Å². The van der Waals surface area contributed by atoms with E-state index in [2.05, 4.69) is 6.92 Å². The Hall–Kier alpha value is 0. The molecule has 0 unspecified atom stereocenters. The fourth-order valence-electron chi connectivity index (χ4n) is 4.72. The summed E-state index contributed by atoms with van der Waals surface area (Å²) in [6.07, 6.45) is 11.0. The Balaban J connectivity index is 0.000000429. The van der Waals surface area contributed by atoms with Crippen molar-refractivity contribution in [2.45, 2.75) is 93.4 Å². The van der Waals surface area contributed by atoms with Gasteiger partial charge < -0.3 is 0 Å². The summed E-state index contributed by atoms with van der Waals surface area (Å²) < 4.78 is 0. The van der Waals surface area contributed by atoms with E-state index in [0.29, 0.717) is 0 Å². The van der Waals surface area contributed by atoms with Gasteiger partial charge in [0.25, 0.3) is 0 Å². The zero-order chi connectivity index (χ0) is 14.2. The molecule has 4 aliphatic rings. The van der Waals surface area contributed by atoms with Gasteiger partial charge in [-0.3, -0.25) is 0 Å². The van der Waals surface area contributed by atoms with Crippen molar-refractivity contribution in [3.63, 3.8) is 0 Å². The molecule has 4 bridgehead atoms. The van der Waals surface area contributed by atoms with Crippen LogP contribution in [-0.4, -0.2) is 0 Å². The number of hydrogen-bond donors (Lipinski definition) is 0. The predicted molar refractivity (Wildman–Crippen MR) is 84.9 cm³/mol. The molecule has 0 spiro atoms. The SMILES string of the molecule is CC.CC.CC.CCC12CC3CC(CC(C3)C1)C2. The Bertz CT molecular complexity index is 157. The van der Waals surface area contributed by atoms with Crippen LogP contribution in [0, 0.1) is 23.2 Å². The van der Waals surface area contributed by atoms with Crippen LogP contribution in [0.4, 0.5) is 0 Å². The van der Waals surface area contributed by atoms with Crippen molar-refractivity contribution >= 4 is 0 Å². The van der Waals surface area contributed by atoms with Gasteiger partial charge in [0.2, 0.25) is 0 Å². The lowest BCUT2D eigenvalue weighted by atomic mass is 9.49. The molecule has 4 fully saturated rings. The van der Waals surface area contributed by atoms with E-state index in [1.165, 1.54) is 6.42 Å². The fraction of sp³-hybridized carbons (Fsp3) is 1.00. The summed E-state index contributed by atoms with van der Waals surface area (Å²) in [6.45, 7) is 14.4. The van der Waals surface area contributed by atoms with Crippen LogP contribution < -0.4 is 0 Å². The van der Waals surface area contributed by atoms with E-state index in [9.17, 15) is 0 Å². The van der Waals surface area contributed by atoms with E-state index in [1.807, 2.05) is 41.5 Å². The molecule has 0 nitrogen and oxygen atoms in total. The van der Waals surface area contributed by atoms with Gasteiger partial charge in [-0.05, 0) is 61.7 Å². The van der Waals surface area contributed by atoms with Crippen LogP contribution in [-0.2, 0) is 0 Å². The molecule has 4 rings (SSSR count). The second-order valence-electron chi connectivity index (χ2n) is 5.77. The minimum atomic E-state index is 0.842. The lowest BCUT2D eigenvalue weighted by molar-refractivity contribution is -0.0545. The molecule has 4 aliphatic carbocycles. The van der Waals surface area contributed by atoms with Crippen LogP contribution in [0.25, 0.3) is 0 Å². The fourth-order valence-corrected chi connectivity index (χ4v) is 4.72. The van der Waals surface area contributed by atoms with Crippen molar-refractivity contribution in [1.29, 1.82) is 0 Å². The quantitative estimate of drug-likeness (QED) is 0.489. The van der Waals surface area contributed by atoms with Gasteiger partial charge in [-0.25, -0.2) is 0 Å². The van der Waals surface area contributed by atoms with Gasteiger partial charge in [-0.2, -0.15) is 0 Å². The van der Waals surface area contributed by atoms with Crippen molar-refractivity contribution < 1.29 is 0 Å². The molecule has 0 aromatic heterocycles. The van der Waals surface area contributed by atoms with Crippen LogP contribution >= 0.6 is 0 Å². The largest absolute Gasteiger partial charge is 0.0683 e. The third kappa shape index (κ3) is 4.00. The van der Waals surface area contributed by atoms with Gasteiger partial charge in [-0.1, -0.05) is 54.9 Å². The van der Waals surface area contributed by atoms with Crippen LogP contribution in [0.5, 0.6) is 0 Å². The lowest BCUT2D eigenvalue weighted by Gasteiger charge is -2.56. The van der Waals surface area contributed by atoms with E-state index < -0.39 is 0 Å². The van der Waals surface area contributed by atoms with Gasteiger partial charge in [0.1, 0.15) is 0 Å². The third-order valence-corrected chi connectivity index (χ3v) is 4.92. The second-order valence-corrected chi connectivity index (χ2v) is 5.77. The molecular formula is C18H38. The highest BCUT2D eigenvalue weighted by Gasteiger charge is 2.49. The molecule has 0 aliphatic heterocycles. The van der Waals surface area contributed by atoms with Gasteiger partial charge in [0, 0.05) is 0 Å². The summed E-state index contributed by atoms with van der Waals surface area (Å²) >= 11 is 0. The first kappa shape index (κ1) is 18.0. The molecule has 0 aromatic carbocycles. The molecule has 0 N–H and O–H groups in total. The summed E-state index contributed by atoms with van der Waals surface area (Å²) in [5.74, 6) is 3.45. The molecule has 0 radical (unpaired) electrons. The molecule has 0 heterocycles. The number of hydrogen-bond acceptors (Lipinski definition) is 0. The zero-order valence-electron chi connectivity index (χ0n) is 14.2. The van der Waals surface area contributed by atoms with Crippen molar-refractivity contribution in [3.05, 3.63) is 0 Å². The molecule has 4 saturated carbocycles. The molecule has 0 aromatic rings. The Morgan fingerprint density at radius 2 is 0.944 bits per heavy atom. The molecule has 0 amide bonds. The summed E-state index contributed by atoms with van der Waals surface area (Å²) in [7, 11) is 0. The third-order valence-electron chi connectivity index (χ3n) is 4.92. The molecule has 0 saturated heterocycles. The monoisotopic (exact) mass is 254 g/mol. The van der Waals surface area contributed by atoms with E-state index in [0.717, 1.165) is 23.2 Å². The minimum absolute atomic E-state index is 0.842. The Morgan fingerprint density at radius 1 is 0.667 bits per heavy atom. The maximum atomic E-state index is 2.42. The van der Waals surface area contributed by atoms with Gasteiger partial charge >= 0.3 is 0 Å². The van der Waals surface area contributed by atoms with Gasteiger partial charge in [0.15, 0.2) is 0 Å². The Kier molecular flexibility index (Phi) is 8.99. The van der Waals surface area contributed by atoms with Crippen LogP contribution in [0.2, 0.25) is 0 Å². The standard InChI is InChI=1S/C12H20.3C2H6/c1-2-12-6-9-3-10(7-12)5-11(4-9)8-12;3*1-2/h9-11H,2-8H2,1H3;3*1-2H3. The molecule has 0 heteroatoms. The second kappa shape index (κ2) is 8.99. The van der Waals surface area contributed by atoms with Crippen molar-refractivity contribution in [2.24, 2.45) is 23.2 Å². The maximum Gasteiger partial charge on any atom is -0.0292 e. The summed E-state index contributed by atoms with van der Waals surface area (Å²) in [5.41, 5.74) is 0.842. The summed E-state index contributed by atoms with van der Waals surface area (Å²) in [6, 6.07) is 0. The normalized spacial score (nSPS) is 38.5. The van der Waals surface area contributed by atoms with E-state index in [1.54, 1.807) is 38.5 Å². The highest BCUT2D eigenvalue weighted by Crippen LogP contribution is 2.61. The molecule has 0 atom stereocenters. The van der Waals surface area contributed by atoms with Crippen LogP contribution in [0.3, 0.4) is 0 Å². The first-order chi connectivity index (χ1) is 8.80. The van der Waals surface area contributed by atoms with Crippen molar-refractivity contribution in [1.82, 2.24) is 0 Å². The Morgan fingerprint density at radius 3 is 1.17 bits per heavy atom. The summed E-state index contributed by atoms with van der Waals surface area (Å²) in [5, 5.41) is 0. The van der Waals surface area contributed by atoms with Gasteiger partial charge in [0.05, 0.1) is 0 Å². The highest BCUT2D eigenvalue weighted by atomic mass is 14.5. The number of rotatable bonds is 1. The maximum absolute atomic E-state index is 2.42. The highest BCUT2D eigenvalue weighted by molar-refractivity contribution is 5.00. The predicted octanol–water partition coefficient (Wildman–Crippen LogP) is 6.69. The molecular weight excluding hydrogens is 216 g/mol. The smallest absolute Gasteiger partial charge is 0.0292 e. The minimum Gasteiger partial charge on any atom is -0.0683 e. The van der Waals surface area contributed by atoms with Crippen LogP contribution in [0.15, 0.2) is 0 Å². The Labute approximate surface area is 117 Å². The van der Waals surface area contributed by atoms with Crippen LogP contribution in [0.1, 0.15) is 93.4 Å². The van der Waals surface area contributed by atoms with Crippen molar-refractivity contribution in [3.8, 4) is 0 Å². The van der Waals surface area contributed by atoms with E-state index in [-0.39, 0.29) is 0 Å². The topological polar surface area (TPSA) is 0 Å². The molecule has 110 valence electrons. The zero-order valence-corrected chi connectivity index (χ0v) is 14.2. The van der Waals surface area contributed by atoms with E-state index >= 15 is 0 Å².